The zero-order valence-corrected chi connectivity index (χ0v) is 13.3. The van der Waals surface area contributed by atoms with Gasteiger partial charge in [-0.25, -0.2) is 9.59 Å². The van der Waals surface area contributed by atoms with E-state index in [1.54, 1.807) is 36.4 Å². The fourth-order valence-corrected chi connectivity index (χ4v) is 2.10. The summed E-state index contributed by atoms with van der Waals surface area (Å²) in [5, 5.41) is 7.89. The van der Waals surface area contributed by atoms with Crippen molar-refractivity contribution in [3.05, 3.63) is 53.6 Å². The molecule has 2 aromatic rings. The van der Waals surface area contributed by atoms with E-state index in [2.05, 4.69) is 20.7 Å². The average Bonchev–Trinajstić information content (AvgIpc) is 2.57. The van der Waals surface area contributed by atoms with Crippen LogP contribution < -0.4 is 16.0 Å². The predicted molar refractivity (Wildman–Crippen MR) is 91.3 cm³/mol. The third-order valence-electron chi connectivity index (χ3n) is 3.24. The Morgan fingerprint density at radius 2 is 1.75 bits per heavy atom. The Morgan fingerprint density at radius 1 is 1.04 bits per heavy atom. The average molecular weight is 327 g/mol. The van der Waals surface area contributed by atoms with Gasteiger partial charge in [0.2, 0.25) is 6.41 Å². The molecule has 3 N–H and O–H groups in total. The topological polar surface area (TPSA) is 96.5 Å². The number of nitrogens with one attached hydrogen (secondary N) is 3. The maximum Gasteiger partial charge on any atom is 0.337 e. The van der Waals surface area contributed by atoms with Crippen LogP contribution in [0.2, 0.25) is 0 Å². The number of ether oxygens (including phenoxy) is 1. The minimum absolute atomic E-state index is 0.343. The summed E-state index contributed by atoms with van der Waals surface area (Å²) in [6.07, 6.45) is 0.594. The van der Waals surface area contributed by atoms with Gasteiger partial charge in [0.05, 0.1) is 12.7 Å². The van der Waals surface area contributed by atoms with Gasteiger partial charge in [0.25, 0.3) is 0 Å². The second-order valence-electron chi connectivity index (χ2n) is 4.94. The maximum atomic E-state index is 12.0. The Kier molecular flexibility index (Phi) is 5.51. The molecule has 0 bridgehead atoms. The summed E-state index contributed by atoms with van der Waals surface area (Å²) in [5.41, 5.74) is 2.86. The number of amides is 3. The predicted octanol–water partition coefficient (Wildman–Crippen LogP) is 2.99. The SMILES string of the molecule is COC(=O)c1cccc(NC(=O)Nc2ccc(NC=O)c(C)c2)c1. The number of methoxy groups -OCH3 is 1. The molecule has 7 nitrogen and oxygen atoms in total. The Labute approximate surface area is 139 Å². The summed E-state index contributed by atoms with van der Waals surface area (Å²) in [4.78, 5) is 34.0. The summed E-state index contributed by atoms with van der Waals surface area (Å²) >= 11 is 0. The summed E-state index contributed by atoms with van der Waals surface area (Å²) < 4.78 is 4.64. The number of rotatable bonds is 5. The molecule has 0 saturated carbocycles. The van der Waals surface area contributed by atoms with Crippen molar-refractivity contribution in [1.29, 1.82) is 0 Å². The lowest BCUT2D eigenvalue weighted by Gasteiger charge is -2.10. The van der Waals surface area contributed by atoms with Crippen LogP contribution in [0.5, 0.6) is 0 Å². The second kappa shape index (κ2) is 7.77. The van der Waals surface area contributed by atoms with Crippen LogP contribution in [0.3, 0.4) is 0 Å². The normalized spacial score (nSPS) is 9.75. The second-order valence-corrected chi connectivity index (χ2v) is 4.94. The van der Waals surface area contributed by atoms with Crippen LogP contribution in [0.4, 0.5) is 21.9 Å². The number of esters is 1. The molecule has 0 spiro atoms. The Morgan fingerprint density at radius 3 is 2.38 bits per heavy atom. The van der Waals surface area contributed by atoms with Gasteiger partial charge >= 0.3 is 12.0 Å². The van der Waals surface area contributed by atoms with Crippen LogP contribution in [0.15, 0.2) is 42.5 Å². The number of benzene rings is 2. The van der Waals surface area contributed by atoms with Crippen molar-refractivity contribution in [2.24, 2.45) is 0 Å². The Hall–Kier alpha value is -3.35. The van der Waals surface area contributed by atoms with Gasteiger partial charge in [-0.2, -0.15) is 0 Å². The molecule has 0 atom stereocenters. The highest BCUT2D eigenvalue weighted by Crippen LogP contribution is 2.19. The molecular weight excluding hydrogens is 310 g/mol. The van der Waals surface area contributed by atoms with Gasteiger partial charge in [-0.3, -0.25) is 4.79 Å². The molecule has 0 aliphatic carbocycles. The van der Waals surface area contributed by atoms with Crippen molar-refractivity contribution in [2.75, 3.05) is 23.1 Å². The summed E-state index contributed by atoms with van der Waals surface area (Å²) in [6.45, 7) is 1.81. The third kappa shape index (κ3) is 4.33. The van der Waals surface area contributed by atoms with Gasteiger partial charge in [0.15, 0.2) is 0 Å². The first-order chi connectivity index (χ1) is 11.5. The van der Waals surface area contributed by atoms with E-state index >= 15 is 0 Å². The van der Waals surface area contributed by atoms with E-state index in [1.165, 1.54) is 13.2 Å². The van der Waals surface area contributed by atoms with Gasteiger partial charge in [-0.15, -0.1) is 0 Å². The zero-order valence-electron chi connectivity index (χ0n) is 13.3. The van der Waals surface area contributed by atoms with Crippen LogP contribution >= 0.6 is 0 Å². The number of urea groups is 1. The van der Waals surface area contributed by atoms with Gasteiger partial charge in [-0.05, 0) is 48.9 Å². The highest BCUT2D eigenvalue weighted by Gasteiger charge is 2.08. The number of hydrogen-bond acceptors (Lipinski definition) is 4. The molecule has 0 aliphatic heterocycles. The fourth-order valence-electron chi connectivity index (χ4n) is 2.10. The van der Waals surface area contributed by atoms with Gasteiger partial charge in [0.1, 0.15) is 0 Å². The quantitative estimate of drug-likeness (QED) is 0.581. The Bertz CT molecular complexity index is 774. The van der Waals surface area contributed by atoms with Crippen molar-refractivity contribution in [2.45, 2.75) is 6.92 Å². The third-order valence-corrected chi connectivity index (χ3v) is 3.24. The van der Waals surface area contributed by atoms with Crippen molar-refractivity contribution in [3.8, 4) is 0 Å². The van der Waals surface area contributed by atoms with Crippen LogP contribution in [-0.4, -0.2) is 25.5 Å². The van der Waals surface area contributed by atoms with E-state index in [1.807, 2.05) is 6.92 Å². The van der Waals surface area contributed by atoms with Gasteiger partial charge in [0, 0.05) is 17.1 Å². The first kappa shape index (κ1) is 17.0. The molecule has 0 aliphatic rings. The van der Waals surface area contributed by atoms with Crippen LogP contribution in [0.1, 0.15) is 15.9 Å². The lowest BCUT2D eigenvalue weighted by molar-refractivity contribution is -0.105. The molecular formula is C17H17N3O4. The monoisotopic (exact) mass is 327 g/mol. The minimum atomic E-state index is -0.479. The first-order valence-corrected chi connectivity index (χ1v) is 7.10. The van der Waals surface area contributed by atoms with Crippen LogP contribution in [0, 0.1) is 6.92 Å². The van der Waals surface area contributed by atoms with E-state index in [9.17, 15) is 14.4 Å². The number of carbonyl (C=O) groups is 3. The molecule has 0 unspecified atom stereocenters. The molecule has 3 amide bonds. The highest BCUT2D eigenvalue weighted by atomic mass is 16.5. The van der Waals surface area contributed by atoms with Crippen molar-refractivity contribution in [1.82, 2.24) is 0 Å². The molecule has 7 heteroatoms. The van der Waals surface area contributed by atoms with Gasteiger partial charge < -0.3 is 20.7 Å². The molecule has 0 fully saturated rings. The smallest absolute Gasteiger partial charge is 0.337 e. The van der Waals surface area contributed by atoms with E-state index in [-0.39, 0.29) is 0 Å². The lowest BCUT2D eigenvalue weighted by Crippen LogP contribution is -2.19. The van der Waals surface area contributed by atoms with Crippen molar-refractivity contribution < 1.29 is 19.1 Å². The van der Waals surface area contributed by atoms with Crippen molar-refractivity contribution >= 4 is 35.5 Å². The fraction of sp³-hybridized carbons (Fsp3) is 0.118. The first-order valence-electron chi connectivity index (χ1n) is 7.10. The molecule has 24 heavy (non-hydrogen) atoms. The zero-order chi connectivity index (χ0) is 17.5. The van der Waals surface area contributed by atoms with E-state index in [0.717, 1.165) is 5.56 Å². The van der Waals surface area contributed by atoms with E-state index in [0.29, 0.717) is 29.0 Å². The Balaban J connectivity index is 2.04. The number of carbonyl (C=O) groups excluding carboxylic acids is 3. The van der Waals surface area contributed by atoms with Crippen LogP contribution in [0.25, 0.3) is 0 Å². The molecule has 124 valence electrons. The maximum absolute atomic E-state index is 12.0. The highest BCUT2D eigenvalue weighted by molar-refractivity contribution is 6.01. The number of anilines is 3. The number of aryl methyl sites for hydroxylation is 1. The van der Waals surface area contributed by atoms with E-state index in [4.69, 9.17) is 0 Å². The van der Waals surface area contributed by atoms with Gasteiger partial charge in [-0.1, -0.05) is 6.07 Å². The minimum Gasteiger partial charge on any atom is -0.465 e. The lowest BCUT2D eigenvalue weighted by atomic mass is 10.2. The molecule has 0 radical (unpaired) electrons. The van der Waals surface area contributed by atoms with E-state index < -0.39 is 12.0 Å². The summed E-state index contributed by atoms with van der Waals surface area (Å²) in [6, 6.07) is 11.1. The summed E-state index contributed by atoms with van der Waals surface area (Å²) in [5.74, 6) is -0.479. The molecule has 2 rings (SSSR count). The largest absolute Gasteiger partial charge is 0.465 e. The molecule has 0 heterocycles. The summed E-state index contributed by atoms with van der Waals surface area (Å²) in [7, 11) is 1.29. The molecule has 0 saturated heterocycles. The van der Waals surface area contributed by atoms with Crippen molar-refractivity contribution in [3.63, 3.8) is 0 Å². The molecule has 0 aromatic heterocycles. The standard InChI is InChI=1S/C17H17N3O4/c1-11-8-14(6-7-15(11)18-10-21)20-17(23)19-13-5-3-4-12(9-13)16(22)24-2/h3-10H,1-2H3,(H,18,21)(H2,19,20,23). The molecule has 2 aromatic carbocycles. The number of hydrogen-bond donors (Lipinski definition) is 3. The van der Waals surface area contributed by atoms with Crippen LogP contribution in [-0.2, 0) is 9.53 Å².